The fourth-order valence-electron chi connectivity index (χ4n) is 0.664. The van der Waals surface area contributed by atoms with Crippen LogP contribution in [0.3, 0.4) is 0 Å². The lowest BCUT2D eigenvalue weighted by Gasteiger charge is -2.01. The van der Waals surface area contributed by atoms with Crippen molar-refractivity contribution < 1.29 is 0 Å². The third-order valence-electron chi connectivity index (χ3n) is 1.26. The van der Waals surface area contributed by atoms with Crippen molar-refractivity contribution in [3.63, 3.8) is 0 Å². The first kappa shape index (κ1) is 9.12. The Balaban J connectivity index is 3.29. The maximum Gasteiger partial charge on any atom is 0.0146 e. The molecule has 0 amide bonds. The molecule has 0 aromatic carbocycles. The molecule has 0 aliphatic heterocycles. The van der Waals surface area contributed by atoms with E-state index in [0.717, 1.165) is 19.3 Å². The zero-order valence-electron chi connectivity index (χ0n) is 6.70. The van der Waals surface area contributed by atoms with E-state index in [1.807, 2.05) is 6.92 Å². The summed E-state index contributed by atoms with van der Waals surface area (Å²) in [5.74, 6) is 9.81. The average Bonchev–Trinajstić information content (AvgIpc) is 1.89. The summed E-state index contributed by atoms with van der Waals surface area (Å²) in [5.41, 5.74) is 0. The molecule has 0 saturated heterocycles. The first-order valence-electron chi connectivity index (χ1n) is 3.45. The van der Waals surface area contributed by atoms with E-state index >= 15 is 0 Å². The van der Waals surface area contributed by atoms with Crippen LogP contribution in [-0.2, 0) is 0 Å². The molecule has 0 saturated carbocycles. The molecule has 0 aliphatic carbocycles. The van der Waals surface area contributed by atoms with Crippen LogP contribution in [0.1, 0.15) is 33.1 Å². The third-order valence-corrected chi connectivity index (χ3v) is 1.26. The van der Waals surface area contributed by atoms with Crippen molar-refractivity contribution in [1.82, 2.24) is 0 Å². The summed E-state index contributed by atoms with van der Waals surface area (Å²) in [5, 5.41) is 0. The highest BCUT2D eigenvalue weighted by atomic mass is 14.0. The van der Waals surface area contributed by atoms with E-state index in [2.05, 4.69) is 24.7 Å². The fourth-order valence-corrected chi connectivity index (χ4v) is 0.664. The van der Waals surface area contributed by atoms with E-state index < -0.39 is 0 Å². The van der Waals surface area contributed by atoms with Crippen molar-refractivity contribution in [2.75, 3.05) is 0 Å². The molecule has 0 heterocycles. The average molecular weight is 133 g/mol. The minimum Gasteiger partial charge on any atom is -0.120 e. The molecule has 0 N–H and O–H groups in total. The van der Waals surface area contributed by atoms with Gasteiger partial charge in [-0.15, -0.1) is 24.2 Å². The van der Waals surface area contributed by atoms with Crippen molar-refractivity contribution in [2.45, 2.75) is 33.1 Å². The van der Waals surface area contributed by atoms with Crippen LogP contribution in [0, 0.1) is 30.1 Å². The van der Waals surface area contributed by atoms with Gasteiger partial charge in [-0.2, -0.15) is 0 Å². The first-order valence-corrected chi connectivity index (χ1v) is 3.45. The number of rotatable bonds is 3. The zero-order valence-corrected chi connectivity index (χ0v) is 6.70. The van der Waals surface area contributed by atoms with Crippen molar-refractivity contribution >= 4 is 0 Å². The molecule has 0 heteroatoms. The molecule has 0 unspecified atom stereocenters. The molecule has 1 radical (unpaired) electrons. The molecule has 0 spiro atoms. The van der Waals surface area contributed by atoms with Crippen LogP contribution in [0.2, 0.25) is 0 Å². The Morgan fingerprint density at radius 1 is 1.50 bits per heavy atom. The first-order chi connectivity index (χ1) is 4.81. The van der Waals surface area contributed by atoms with Gasteiger partial charge >= 0.3 is 0 Å². The summed E-state index contributed by atoms with van der Waals surface area (Å²) < 4.78 is 0. The molecule has 0 nitrogen and oxygen atoms in total. The molecule has 53 valence electrons. The van der Waals surface area contributed by atoms with Crippen LogP contribution in [0.25, 0.3) is 0 Å². The maximum absolute atomic E-state index is 5.13. The van der Waals surface area contributed by atoms with Gasteiger partial charge in [-0.3, -0.25) is 0 Å². The second-order valence-electron chi connectivity index (χ2n) is 2.26. The van der Waals surface area contributed by atoms with Gasteiger partial charge in [-0.05, 0) is 19.3 Å². The van der Waals surface area contributed by atoms with E-state index in [4.69, 9.17) is 6.42 Å². The lowest BCUT2D eigenvalue weighted by atomic mass is 10.0. The standard InChI is InChI=1S/C10H13/c1-4-6-7-9-10(3)8-5-2/h2H,7-9H2,1,3H3. The predicted molar refractivity (Wildman–Crippen MR) is 45.1 cm³/mol. The Morgan fingerprint density at radius 2 is 2.20 bits per heavy atom. The molecular weight excluding hydrogens is 120 g/mol. The van der Waals surface area contributed by atoms with Crippen LogP contribution in [-0.4, -0.2) is 0 Å². The summed E-state index contributed by atoms with van der Waals surface area (Å²) >= 11 is 0. The minimum atomic E-state index is 0.797. The van der Waals surface area contributed by atoms with Crippen LogP contribution in [0.5, 0.6) is 0 Å². The lowest BCUT2D eigenvalue weighted by Crippen LogP contribution is -1.87. The van der Waals surface area contributed by atoms with Gasteiger partial charge in [0.25, 0.3) is 0 Å². The molecular formula is C10H13. The summed E-state index contributed by atoms with van der Waals surface area (Å²) in [6.45, 7) is 3.94. The molecule has 0 fully saturated rings. The summed E-state index contributed by atoms with van der Waals surface area (Å²) in [4.78, 5) is 0. The Kier molecular flexibility index (Phi) is 5.69. The lowest BCUT2D eigenvalue weighted by molar-refractivity contribution is 0.826. The Morgan fingerprint density at radius 3 is 2.70 bits per heavy atom. The molecule has 0 aromatic heterocycles. The molecule has 0 bridgehead atoms. The van der Waals surface area contributed by atoms with Gasteiger partial charge in [0.15, 0.2) is 0 Å². The van der Waals surface area contributed by atoms with Crippen molar-refractivity contribution in [1.29, 1.82) is 0 Å². The SMILES string of the molecule is C#CC[C](C)CCC#CC. The Bertz CT molecular complexity index is 161. The Labute approximate surface area is 64.0 Å². The molecule has 0 rings (SSSR count). The number of terminal acetylenes is 1. The van der Waals surface area contributed by atoms with Gasteiger partial charge in [-0.1, -0.05) is 6.92 Å². The van der Waals surface area contributed by atoms with Crippen LogP contribution in [0.15, 0.2) is 0 Å². The number of hydrogen-bond acceptors (Lipinski definition) is 0. The smallest absolute Gasteiger partial charge is 0.0146 e. The highest BCUT2D eigenvalue weighted by Gasteiger charge is 1.96. The molecule has 0 aliphatic rings. The predicted octanol–water partition coefficient (Wildman–Crippen LogP) is 2.41. The molecule has 0 aromatic rings. The van der Waals surface area contributed by atoms with Gasteiger partial charge in [0.2, 0.25) is 0 Å². The second kappa shape index (κ2) is 6.24. The highest BCUT2D eigenvalue weighted by molar-refractivity contribution is 5.03. The summed E-state index contributed by atoms with van der Waals surface area (Å²) in [7, 11) is 0. The monoisotopic (exact) mass is 133 g/mol. The minimum absolute atomic E-state index is 0.797. The Hall–Kier alpha value is -0.880. The van der Waals surface area contributed by atoms with Crippen LogP contribution < -0.4 is 0 Å². The quantitative estimate of drug-likeness (QED) is 0.519. The van der Waals surface area contributed by atoms with Gasteiger partial charge in [0.1, 0.15) is 0 Å². The molecule has 10 heavy (non-hydrogen) atoms. The van der Waals surface area contributed by atoms with Crippen LogP contribution in [0.4, 0.5) is 0 Å². The normalized spacial score (nSPS) is 8.20. The van der Waals surface area contributed by atoms with Gasteiger partial charge < -0.3 is 0 Å². The van der Waals surface area contributed by atoms with Gasteiger partial charge in [0, 0.05) is 12.8 Å². The van der Waals surface area contributed by atoms with E-state index in [-0.39, 0.29) is 0 Å². The highest BCUT2D eigenvalue weighted by Crippen LogP contribution is 2.10. The van der Waals surface area contributed by atoms with Crippen molar-refractivity contribution in [3.8, 4) is 24.2 Å². The van der Waals surface area contributed by atoms with Gasteiger partial charge in [-0.25, -0.2) is 0 Å². The fraction of sp³-hybridized carbons (Fsp3) is 0.500. The number of hydrogen-bond donors (Lipinski definition) is 0. The topological polar surface area (TPSA) is 0 Å². The van der Waals surface area contributed by atoms with E-state index in [0.29, 0.717) is 0 Å². The summed E-state index contributed by atoms with van der Waals surface area (Å²) in [6, 6.07) is 0. The summed E-state index contributed by atoms with van der Waals surface area (Å²) in [6.07, 6.45) is 7.92. The largest absolute Gasteiger partial charge is 0.120 e. The van der Waals surface area contributed by atoms with E-state index in [1.54, 1.807) is 0 Å². The zero-order chi connectivity index (χ0) is 7.82. The van der Waals surface area contributed by atoms with E-state index in [9.17, 15) is 0 Å². The van der Waals surface area contributed by atoms with Gasteiger partial charge in [0.05, 0.1) is 0 Å². The second-order valence-corrected chi connectivity index (χ2v) is 2.26. The third kappa shape index (κ3) is 5.26. The maximum atomic E-state index is 5.13. The van der Waals surface area contributed by atoms with Crippen LogP contribution >= 0.6 is 0 Å². The van der Waals surface area contributed by atoms with Crippen molar-refractivity contribution in [3.05, 3.63) is 5.92 Å². The molecule has 0 atom stereocenters. The van der Waals surface area contributed by atoms with E-state index in [1.165, 1.54) is 5.92 Å². The van der Waals surface area contributed by atoms with Crippen molar-refractivity contribution in [2.24, 2.45) is 0 Å².